The molecule has 5 heteroatoms. The first-order valence-electron chi connectivity index (χ1n) is 6.94. The van der Waals surface area contributed by atoms with E-state index in [4.69, 9.17) is 0 Å². The molecule has 1 aromatic heterocycles. The molecule has 1 aliphatic carbocycles. The van der Waals surface area contributed by atoms with Crippen molar-refractivity contribution in [1.29, 1.82) is 0 Å². The van der Waals surface area contributed by atoms with E-state index in [1.807, 2.05) is 6.07 Å². The fraction of sp³-hybridized carbons (Fsp3) is 0.692. The second-order valence-electron chi connectivity index (χ2n) is 5.15. The Kier molecular flexibility index (Phi) is 3.71. The van der Waals surface area contributed by atoms with Crippen molar-refractivity contribution in [2.45, 2.75) is 31.7 Å². The number of hydrazine groups is 1. The van der Waals surface area contributed by atoms with Crippen LogP contribution in [0.4, 0.5) is 5.95 Å². The summed E-state index contributed by atoms with van der Waals surface area (Å²) < 4.78 is 0. The highest BCUT2D eigenvalue weighted by molar-refractivity contribution is 5.20. The standard InChI is InChI=1S/C13H21N5/c1-2-5-12(4-1)17-8-10-18(11-9-17)16-13-14-6-3-7-15-13/h3,6-7,12H,1-2,4-5,8-11H2,(H,14,15,16). The van der Waals surface area contributed by atoms with E-state index in [0.29, 0.717) is 5.95 Å². The van der Waals surface area contributed by atoms with Crippen molar-refractivity contribution in [3.05, 3.63) is 18.5 Å². The zero-order valence-electron chi connectivity index (χ0n) is 10.8. The number of rotatable bonds is 3. The zero-order valence-corrected chi connectivity index (χ0v) is 10.8. The maximum absolute atomic E-state index is 4.19. The van der Waals surface area contributed by atoms with Crippen molar-refractivity contribution in [3.8, 4) is 0 Å². The average Bonchev–Trinajstić information content (AvgIpc) is 2.95. The Labute approximate surface area is 108 Å². The van der Waals surface area contributed by atoms with E-state index in [0.717, 1.165) is 32.2 Å². The molecule has 1 saturated heterocycles. The van der Waals surface area contributed by atoms with E-state index < -0.39 is 0 Å². The summed E-state index contributed by atoms with van der Waals surface area (Å²) in [6.45, 7) is 4.42. The van der Waals surface area contributed by atoms with Gasteiger partial charge in [-0.1, -0.05) is 12.8 Å². The number of anilines is 1. The summed E-state index contributed by atoms with van der Waals surface area (Å²) in [5.41, 5.74) is 3.28. The molecule has 0 radical (unpaired) electrons. The molecule has 98 valence electrons. The second kappa shape index (κ2) is 5.63. The molecule has 18 heavy (non-hydrogen) atoms. The lowest BCUT2D eigenvalue weighted by molar-refractivity contribution is 0.112. The lowest BCUT2D eigenvalue weighted by Crippen LogP contribution is -2.51. The summed E-state index contributed by atoms with van der Waals surface area (Å²) in [5, 5.41) is 2.22. The van der Waals surface area contributed by atoms with Crippen LogP contribution in [0.1, 0.15) is 25.7 Å². The number of hydrogen-bond donors (Lipinski definition) is 1. The van der Waals surface area contributed by atoms with Crippen molar-refractivity contribution >= 4 is 5.95 Å². The molecule has 5 nitrogen and oxygen atoms in total. The lowest BCUT2D eigenvalue weighted by Gasteiger charge is -2.37. The fourth-order valence-corrected chi connectivity index (χ4v) is 2.97. The quantitative estimate of drug-likeness (QED) is 0.874. The minimum atomic E-state index is 0.701. The van der Waals surface area contributed by atoms with Crippen LogP contribution in [-0.2, 0) is 0 Å². The number of nitrogens with one attached hydrogen (secondary N) is 1. The molecular weight excluding hydrogens is 226 g/mol. The molecule has 3 rings (SSSR count). The molecule has 2 fully saturated rings. The van der Waals surface area contributed by atoms with Crippen LogP contribution in [0.15, 0.2) is 18.5 Å². The Hall–Kier alpha value is -1.20. The first-order chi connectivity index (χ1) is 8.92. The number of aromatic nitrogens is 2. The van der Waals surface area contributed by atoms with Gasteiger partial charge in [-0.15, -0.1) is 0 Å². The van der Waals surface area contributed by atoms with Crippen LogP contribution in [0.25, 0.3) is 0 Å². The molecule has 0 bridgehead atoms. The summed E-state index contributed by atoms with van der Waals surface area (Å²) in [5.74, 6) is 0.701. The van der Waals surface area contributed by atoms with Crippen molar-refractivity contribution in [2.75, 3.05) is 31.6 Å². The maximum Gasteiger partial charge on any atom is 0.237 e. The Morgan fingerprint density at radius 3 is 2.33 bits per heavy atom. The summed E-state index contributed by atoms with van der Waals surface area (Å²) in [6, 6.07) is 2.68. The highest BCUT2D eigenvalue weighted by Crippen LogP contribution is 2.24. The molecule has 1 saturated carbocycles. The first kappa shape index (κ1) is 11.9. The van der Waals surface area contributed by atoms with Crippen LogP contribution >= 0.6 is 0 Å². The van der Waals surface area contributed by atoms with E-state index in [1.54, 1.807) is 12.4 Å². The Morgan fingerprint density at radius 2 is 1.67 bits per heavy atom. The van der Waals surface area contributed by atoms with Gasteiger partial charge >= 0.3 is 0 Å². The molecular formula is C13H21N5. The van der Waals surface area contributed by atoms with Crippen LogP contribution < -0.4 is 5.43 Å². The Balaban J connectivity index is 1.48. The van der Waals surface area contributed by atoms with E-state index in [-0.39, 0.29) is 0 Å². The molecule has 0 amide bonds. The van der Waals surface area contributed by atoms with Crippen LogP contribution in [0.2, 0.25) is 0 Å². The fourth-order valence-electron chi connectivity index (χ4n) is 2.97. The van der Waals surface area contributed by atoms with Gasteiger partial charge in [-0.25, -0.2) is 15.0 Å². The first-order valence-corrected chi connectivity index (χ1v) is 6.94. The van der Waals surface area contributed by atoms with Crippen molar-refractivity contribution < 1.29 is 0 Å². The van der Waals surface area contributed by atoms with Gasteiger partial charge in [0.15, 0.2) is 0 Å². The molecule has 0 aromatic carbocycles. The molecule has 2 heterocycles. The van der Waals surface area contributed by atoms with Gasteiger partial charge in [0.2, 0.25) is 5.95 Å². The molecule has 0 unspecified atom stereocenters. The van der Waals surface area contributed by atoms with Gasteiger partial charge in [-0.05, 0) is 18.9 Å². The largest absolute Gasteiger partial charge is 0.298 e. The Morgan fingerprint density at radius 1 is 1.00 bits per heavy atom. The van der Waals surface area contributed by atoms with Gasteiger partial charge in [0.05, 0.1) is 0 Å². The summed E-state index contributed by atoms with van der Waals surface area (Å²) >= 11 is 0. The van der Waals surface area contributed by atoms with Gasteiger partial charge in [-0.2, -0.15) is 0 Å². The topological polar surface area (TPSA) is 44.3 Å². The molecule has 2 aliphatic rings. The van der Waals surface area contributed by atoms with Crippen LogP contribution in [0, 0.1) is 0 Å². The third-order valence-electron chi connectivity index (χ3n) is 3.98. The zero-order chi connectivity index (χ0) is 12.2. The van der Waals surface area contributed by atoms with Gasteiger partial charge in [-0.3, -0.25) is 10.3 Å². The van der Waals surface area contributed by atoms with Crippen molar-refractivity contribution in [2.24, 2.45) is 0 Å². The average molecular weight is 247 g/mol. The maximum atomic E-state index is 4.19. The number of nitrogens with zero attached hydrogens (tertiary/aromatic N) is 4. The highest BCUT2D eigenvalue weighted by Gasteiger charge is 2.26. The third-order valence-corrected chi connectivity index (χ3v) is 3.98. The molecule has 1 aliphatic heterocycles. The predicted octanol–water partition coefficient (Wildman–Crippen LogP) is 1.36. The molecule has 0 atom stereocenters. The molecule has 0 spiro atoms. The Bertz CT molecular complexity index is 355. The van der Waals surface area contributed by atoms with Gasteiger partial charge in [0.25, 0.3) is 0 Å². The predicted molar refractivity (Wildman–Crippen MR) is 71.1 cm³/mol. The van der Waals surface area contributed by atoms with Crippen molar-refractivity contribution in [3.63, 3.8) is 0 Å². The lowest BCUT2D eigenvalue weighted by atomic mass is 10.2. The minimum absolute atomic E-state index is 0.701. The van der Waals surface area contributed by atoms with E-state index >= 15 is 0 Å². The van der Waals surface area contributed by atoms with E-state index in [9.17, 15) is 0 Å². The normalized spacial score (nSPS) is 23.3. The minimum Gasteiger partial charge on any atom is -0.298 e. The van der Waals surface area contributed by atoms with Gasteiger partial charge in [0.1, 0.15) is 0 Å². The number of hydrogen-bond acceptors (Lipinski definition) is 5. The molecule has 1 N–H and O–H groups in total. The van der Waals surface area contributed by atoms with Crippen LogP contribution in [0.3, 0.4) is 0 Å². The third kappa shape index (κ3) is 2.79. The summed E-state index contributed by atoms with van der Waals surface area (Å²) in [7, 11) is 0. The number of piperazine rings is 1. The summed E-state index contributed by atoms with van der Waals surface area (Å²) in [4.78, 5) is 11.0. The van der Waals surface area contributed by atoms with Gasteiger partial charge in [0, 0.05) is 44.6 Å². The van der Waals surface area contributed by atoms with E-state index in [1.165, 1.54) is 25.7 Å². The van der Waals surface area contributed by atoms with Crippen LogP contribution in [-0.4, -0.2) is 52.1 Å². The van der Waals surface area contributed by atoms with Crippen molar-refractivity contribution in [1.82, 2.24) is 19.9 Å². The second-order valence-corrected chi connectivity index (χ2v) is 5.15. The monoisotopic (exact) mass is 247 g/mol. The van der Waals surface area contributed by atoms with E-state index in [2.05, 4.69) is 25.3 Å². The molecule has 1 aromatic rings. The SMILES string of the molecule is c1cnc(NN2CCN(C3CCCC3)CC2)nc1. The summed E-state index contributed by atoms with van der Waals surface area (Å²) in [6.07, 6.45) is 9.17. The smallest absolute Gasteiger partial charge is 0.237 e. The van der Waals surface area contributed by atoms with Gasteiger partial charge < -0.3 is 0 Å². The van der Waals surface area contributed by atoms with Crippen LogP contribution in [0.5, 0.6) is 0 Å². The highest BCUT2D eigenvalue weighted by atomic mass is 15.6.